The topological polar surface area (TPSA) is 75.7 Å². The molecule has 0 radical (unpaired) electrons. The van der Waals surface area contributed by atoms with Gasteiger partial charge in [0, 0.05) is 30.5 Å². The van der Waals surface area contributed by atoms with E-state index in [0.717, 1.165) is 31.2 Å². The predicted octanol–water partition coefficient (Wildman–Crippen LogP) is 4.03. The molecule has 0 bridgehead atoms. The summed E-state index contributed by atoms with van der Waals surface area (Å²) in [4.78, 5) is 40.8. The molecule has 6 nitrogen and oxygen atoms in total. The molecule has 162 valence electrons. The van der Waals surface area contributed by atoms with Gasteiger partial charge in [0.2, 0.25) is 5.91 Å². The molecule has 2 amide bonds. The number of anilines is 1. The van der Waals surface area contributed by atoms with Crippen LogP contribution in [0.3, 0.4) is 0 Å². The number of hydrogen-bond acceptors (Lipinski definition) is 4. The van der Waals surface area contributed by atoms with Gasteiger partial charge in [0.05, 0.1) is 18.1 Å². The maximum absolute atomic E-state index is 13.7. The largest absolute Gasteiger partial charge is 0.383 e. The molecule has 1 spiro atoms. The maximum Gasteiger partial charge on any atom is 0.254 e. The van der Waals surface area contributed by atoms with Gasteiger partial charge < -0.3 is 15.0 Å². The second-order valence-corrected chi connectivity index (χ2v) is 8.41. The quantitative estimate of drug-likeness (QED) is 0.716. The summed E-state index contributed by atoms with van der Waals surface area (Å²) in [5, 5.41) is 3.03. The van der Waals surface area contributed by atoms with Crippen molar-refractivity contribution >= 4 is 23.3 Å². The maximum atomic E-state index is 13.7. The van der Waals surface area contributed by atoms with Crippen molar-refractivity contribution in [2.75, 3.05) is 25.6 Å². The van der Waals surface area contributed by atoms with Gasteiger partial charge >= 0.3 is 0 Å². The number of fused-ring (bicyclic) bond motifs is 1. The van der Waals surface area contributed by atoms with Gasteiger partial charge in [-0.25, -0.2) is 0 Å². The summed E-state index contributed by atoms with van der Waals surface area (Å²) in [5.74, 6) is -0.716. The van der Waals surface area contributed by atoms with Crippen LogP contribution in [0.4, 0.5) is 5.69 Å². The third-order valence-electron chi connectivity index (χ3n) is 6.61. The number of methoxy groups -OCH3 is 1. The molecule has 2 aromatic rings. The normalized spacial score (nSPS) is 19.4. The first kappa shape index (κ1) is 21.2. The van der Waals surface area contributed by atoms with Gasteiger partial charge in [-0.1, -0.05) is 43.2 Å². The molecule has 1 saturated carbocycles. The molecule has 2 aromatic carbocycles. The average molecular weight is 421 g/mol. The number of amides is 2. The van der Waals surface area contributed by atoms with Crippen LogP contribution in [0, 0.1) is 0 Å². The first-order valence-electron chi connectivity index (χ1n) is 10.8. The fourth-order valence-electron chi connectivity index (χ4n) is 5.20. The van der Waals surface area contributed by atoms with Gasteiger partial charge in [-0.05, 0) is 43.5 Å². The van der Waals surface area contributed by atoms with Crippen molar-refractivity contribution in [1.82, 2.24) is 4.90 Å². The van der Waals surface area contributed by atoms with Crippen molar-refractivity contribution in [2.24, 2.45) is 0 Å². The Morgan fingerprint density at radius 1 is 1.13 bits per heavy atom. The summed E-state index contributed by atoms with van der Waals surface area (Å²) in [5.41, 5.74) is 1.93. The molecule has 0 saturated heterocycles. The Morgan fingerprint density at radius 3 is 2.58 bits per heavy atom. The second kappa shape index (κ2) is 8.63. The van der Waals surface area contributed by atoms with Crippen LogP contribution in [-0.2, 0) is 9.53 Å². The van der Waals surface area contributed by atoms with Crippen LogP contribution < -0.4 is 5.32 Å². The number of nitrogens with one attached hydrogen (secondary N) is 1. The van der Waals surface area contributed by atoms with Gasteiger partial charge in [0.1, 0.15) is 0 Å². The highest BCUT2D eigenvalue weighted by Gasteiger charge is 2.55. The van der Waals surface area contributed by atoms with E-state index in [9.17, 15) is 14.4 Å². The molecular weight excluding hydrogens is 392 g/mol. The summed E-state index contributed by atoms with van der Waals surface area (Å²) in [6, 6.07) is 14.4. The first-order valence-corrected chi connectivity index (χ1v) is 10.8. The van der Waals surface area contributed by atoms with E-state index in [1.807, 2.05) is 23.1 Å². The van der Waals surface area contributed by atoms with E-state index >= 15 is 0 Å². The number of hydrogen-bond donors (Lipinski definition) is 1. The Morgan fingerprint density at radius 2 is 1.87 bits per heavy atom. The van der Waals surface area contributed by atoms with E-state index < -0.39 is 11.5 Å². The van der Waals surface area contributed by atoms with E-state index in [1.54, 1.807) is 37.4 Å². The summed E-state index contributed by atoms with van der Waals surface area (Å²) in [7, 11) is 1.62. The minimum absolute atomic E-state index is 0.0304. The van der Waals surface area contributed by atoms with Gasteiger partial charge in [-0.15, -0.1) is 0 Å². The summed E-state index contributed by atoms with van der Waals surface area (Å²) in [6.45, 7) is 2.38. The highest BCUT2D eigenvalue weighted by Crippen LogP contribution is 2.50. The van der Waals surface area contributed by atoms with Crippen LogP contribution in [-0.4, -0.2) is 48.3 Å². The number of benzene rings is 2. The van der Waals surface area contributed by atoms with E-state index in [4.69, 9.17) is 4.74 Å². The minimum Gasteiger partial charge on any atom is -0.383 e. The number of ether oxygens (including phenoxy) is 1. The molecule has 0 aromatic heterocycles. The van der Waals surface area contributed by atoms with Gasteiger partial charge in [0.15, 0.2) is 5.78 Å². The van der Waals surface area contributed by atoms with Gasteiger partial charge in [-0.3, -0.25) is 14.4 Å². The average Bonchev–Trinajstić information content (AvgIpc) is 3.23. The molecular formula is C25H28N2O4. The van der Waals surface area contributed by atoms with Crippen LogP contribution >= 0.6 is 0 Å². The Balaban J connectivity index is 1.76. The lowest BCUT2D eigenvalue weighted by atomic mass is 9.71. The lowest BCUT2D eigenvalue weighted by Crippen LogP contribution is -2.60. The summed E-state index contributed by atoms with van der Waals surface area (Å²) >= 11 is 0. The molecule has 4 rings (SSSR count). The molecule has 31 heavy (non-hydrogen) atoms. The molecule has 1 atom stereocenters. The third kappa shape index (κ3) is 3.76. The smallest absolute Gasteiger partial charge is 0.254 e. The fraction of sp³-hybridized carbons (Fsp3) is 0.400. The van der Waals surface area contributed by atoms with Gasteiger partial charge in [0.25, 0.3) is 5.91 Å². The molecule has 2 aliphatic rings. The standard InChI is InChI=1S/C25H28N2O4/c1-17(28)18-8-7-9-19(16-18)26-23(29)22-20-10-3-4-11-21(20)24(30)27(14-15-31-2)25(22)12-5-6-13-25/h3-4,7-11,16,22H,5-6,12-15H2,1-2H3,(H,26,29)/t22-/m0/s1. The van der Waals surface area contributed by atoms with Crippen LogP contribution in [0.15, 0.2) is 48.5 Å². The monoisotopic (exact) mass is 420 g/mol. The molecule has 1 aliphatic carbocycles. The molecule has 1 N–H and O–H groups in total. The molecule has 1 heterocycles. The highest BCUT2D eigenvalue weighted by molar-refractivity contribution is 6.05. The SMILES string of the molecule is COCCN1C(=O)c2ccccc2[C@@H](C(=O)Nc2cccc(C(C)=O)c2)C12CCCC2. The van der Waals surface area contributed by atoms with Crippen LogP contribution in [0.2, 0.25) is 0 Å². The Hall–Kier alpha value is -2.99. The number of nitrogens with zero attached hydrogens (tertiary/aromatic N) is 1. The van der Waals surface area contributed by atoms with Crippen molar-refractivity contribution in [3.63, 3.8) is 0 Å². The van der Waals surface area contributed by atoms with Crippen LogP contribution in [0.1, 0.15) is 64.8 Å². The van der Waals surface area contributed by atoms with E-state index in [2.05, 4.69) is 5.32 Å². The predicted molar refractivity (Wildman–Crippen MR) is 118 cm³/mol. The molecule has 6 heteroatoms. The second-order valence-electron chi connectivity index (χ2n) is 8.41. The Kier molecular flexibility index (Phi) is 5.92. The van der Waals surface area contributed by atoms with Crippen molar-refractivity contribution in [3.8, 4) is 0 Å². The third-order valence-corrected chi connectivity index (χ3v) is 6.61. The van der Waals surface area contributed by atoms with Crippen molar-refractivity contribution < 1.29 is 19.1 Å². The molecule has 1 fully saturated rings. The lowest BCUT2D eigenvalue weighted by Gasteiger charge is -2.50. The summed E-state index contributed by atoms with van der Waals surface area (Å²) in [6.07, 6.45) is 3.51. The number of rotatable bonds is 6. The Labute approximate surface area is 182 Å². The molecule has 0 unspecified atom stereocenters. The highest BCUT2D eigenvalue weighted by atomic mass is 16.5. The molecule has 1 aliphatic heterocycles. The van der Waals surface area contributed by atoms with E-state index in [-0.39, 0.29) is 17.6 Å². The summed E-state index contributed by atoms with van der Waals surface area (Å²) < 4.78 is 5.28. The van der Waals surface area contributed by atoms with E-state index in [0.29, 0.717) is 30.0 Å². The zero-order chi connectivity index (χ0) is 22.0. The number of Topliss-reactive ketones (excluding diaryl/α,β-unsaturated/α-hetero) is 1. The van der Waals surface area contributed by atoms with Crippen LogP contribution in [0.5, 0.6) is 0 Å². The van der Waals surface area contributed by atoms with Crippen molar-refractivity contribution in [2.45, 2.75) is 44.1 Å². The van der Waals surface area contributed by atoms with E-state index in [1.165, 1.54) is 6.92 Å². The first-order chi connectivity index (χ1) is 15.0. The number of ketones is 1. The number of carbonyl (C=O) groups excluding carboxylic acids is 3. The number of carbonyl (C=O) groups is 3. The van der Waals surface area contributed by atoms with Crippen LogP contribution in [0.25, 0.3) is 0 Å². The fourth-order valence-corrected chi connectivity index (χ4v) is 5.20. The van der Waals surface area contributed by atoms with Crippen molar-refractivity contribution in [1.29, 1.82) is 0 Å². The van der Waals surface area contributed by atoms with Crippen molar-refractivity contribution in [3.05, 3.63) is 65.2 Å². The Bertz CT molecular complexity index is 1010. The lowest BCUT2D eigenvalue weighted by molar-refractivity contribution is -0.121. The minimum atomic E-state index is -0.563. The zero-order valence-electron chi connectivity index (χ0n) is 18.0. The zero-order valence-corrected chi connectivity index (χ0v) is 18.0. The van der Waals surface area contributed by atoms with Gasteiger partial charge in [-0.2, -0.15) is 0 Å².